The zero-order valence-electron chi connectivity index (χ0n) is 16.6. The summed E-state index contributed by atoms with van der Waals surface area (Å²) in [5.41, 5.74) is 0.609. The highest BCUT2D eigenvalue weighted by atomic mass is 127. The lowest BCUT2D eigenvalue weighted by Crippen LogP contribution is -2.43. The molecule has 1 fully saturated rings. The van der Waals surface area contributed by atoms with Crippen molar-refractivity contribution in [3.63, 3.8) is 0 Å². The number of likely N-dealkylation sites (tertiary alicyclic amines) is 1. The number of hydrogen-bond donors (Lipinski definition) is 0. The molecule has 6 nitrogen and oxygen atoms in total. The summed E-state index contributed by atoms with van der Waals surface area (Å²) in [4.78, 5) is 29.2. The SMILES string of the molecule is CCCCN(C)C(=O)C1CCN(C(=O)c2cc(OC)c(OC)cc2I)CC1. The molecule has 0 aromatic heterocycles. The summed E-state index contributed by atoms with van der Waals surface area (Å²) in [7, 11) is 5.02. The number of ether oxygens (including phenoxy) is 2. The normalized spacial score (nSPS) is 14.8. The molecular weight excluding hydrogens is 459 g/mol. The van der Waals surface area contributed by atoms with Gasteiger partial charge >= 0.3 is 0 Å². The van der Waals surface area contributed by atoms with Gasteiger partial charge < -0.3 is 19.3 Å². The zero-order valence-corrected chi connectivity index (χ0v) is 18.7. The van der Waals surface area contributed by atoms with E-state index >= 15 is 0 Å². The standard InChI is InChI=1S/C20H29IN2O4/c1-5-6-9-22(2)19(24)14-7-10-23(11-8-14)20(25)15-12-17(26-3)18(27-4)13-16(15)21/h12-14H,5-11H2,1-4H3. The Balaban J connectivity index is 2.02. The van der Waals surface area contributed by atoms with Gasteiger partial charge in [0.05, 0.1) is 19.8 Å². The van der Waals surface area contributed by atoms with Gasteiger partial charge in [0.15, 0.2) is 11.5 Å². The highest BCUT2D eigenvalue weighted by Crippen LogP contribution is 2.32. The number of hydrogen-bond acceptors (Lipinski definition) is 4. The number of methoxy groups -OCH3 is 2. The van der Waals surface area contributed by atoms with Crippen molar-refractivity contribution >= 4 is 34.4 Å². The van der Waals surface area contributed by atoms with Crippen LogP contribution in [0.4, 0.5) is 0 Å². The summed E-state index contributed by atoms with van der Waals surface area (Å²) in [6.07, 6.45) is 3.53. The number of piperidine rings is 1. The fourth-order valence-electron chi connectivity index (χ4n) is 3.34. The maximum absolute atomic E-state index is 13.0. The maximum Gasteiger partial charge on any atom is 0.255 e. The van der Waals surface area contributed by atoms with Gasteiger partial charge in [-0.2, -0.15) is 0 Å². The van der Waals surface area contributed by atoms with Crippen LogP contribution in [0.1, 0.15) is 43.0 Å². The van der Waals surface area contributed by atoms with E-state index in [4.69, 9.17) is 9.47 Å². The Kier molecular flexibility index (Phi) is 8.19. The number of benzene rings is 1. The Morgan fingerprint density at radius 2 is 1.78 bits per heavy atom. The van der Waals surface area contributed by atoms with Crippen LogP contribution in [0.25, 0.3) is 0 Å². The van der Waals surface area contributed by atoms with E-state index in [1.807, 2.05) is 22.9 Å². The minimum absolute atomic E-state index is 0.0142. The van der Waals surface area contributed by atoms with E-state index in [1.54, 1.807) is 20.3 Å². The second-order valence-corrected chi connectivity index (χ2v) is 8.03. The van der Waals surface area contributed by atoms with Crippen LogP contribution in [-0.2, 0) is 4.79 Å². The molecule has 1 heterocycles. The average Bonchev–Trinajstić information content (AvgIpc) is 2.70. The summed E-state index contributed by atoms with van der Waals surface area (Å²) in [5.74, 6) is 1.35. The Bertz CT molecular complexity index is 672. The minimum Gasteiger partial charge on any atom is -0.493 e. The van der Waals surface area contributed by atoms with E-state index < -0.39 is 0 Å². The van der Waals surface area contributed by atoms with Crippen LogP contribution in [0, 0.1) is 9.49 Å². The Hall–Kier alpha value is -1.51. The third kappa shape index (κ3) is 5.27. The van der Waals surface area contributed by atoms with E-state index in [-0.39, 0.29) is 17.7 Å². The Morgan fingerprint density at radius 3 is 2.33 bits per heavy atom. The summed E-state index contributed by atoms with van der Waals surface area (Å²) < 4.78 is 11.4. The highest BCUT2D eigenvalue weighted by molar-refractivity contribution is 14.1. The molecule has 1 aromatic rings. The Morgan fingerprint density at radius 1 is 1.19 bits per heavy atom. The minimum atomic E-state index is -0.0226. The van der Waals surface area contributed by atoms with Crippen LogP contribution in [0.5, 0.6) is 11.5 Å². The zero-order chi connectivity index (χ0) is 20.0. The van der Waals surface area contributed by atoms with Crippen molar-refractivity contribution in [1.82, 2.24) is 9.80 Å². The molecule has 27 heavy (non-hydrogen) atoms. The molecule has 0 radical (unpaired) electrons. The van der Waals surface area contributed by atoms with Crippen molar-refractivity contribution in [3.05, 3.63) is 21.3 Å². The van der Waals surface area contributed by atoms with E-state index in [0.717, 1.165) is 23.0 Å². The van der Waals surface area contributed by atoms with Gasteiger partial charge in [-0.1, -0.05) is 13.3 Å². The van der Waals surface area contributed by atoms with Gasteiger partial charge in [-0.15, -0.1) is 0 Å². The van der Waals surface area contributed by atoms with Crippen molar-refractivity contribution in [2.45, 2.75) is 32.6 Å². The first-order valence-electron chi connectivity index (χ1n) is 9.38. The fourth-order valence-corrected chi connectivity index (χ4v) is 4.00. The number of carbonyl (C=O) groups excluding carboxylic acids is 2. The lowest BCUT2D eigenvalue weighted by atomic mass is 9.94. The summed E-state index contributed by atoms with van der Waals surface area (Å²) in [5, 5.41) is 0. The molecule has 1 aliphatic heterocycles. The van der Waals surface area contributed by atoms with E-state index in [9.17, 15) is 9.59 Å². The van der Waals surface area contributed by atoms with Crippen LogP contribution in [-0.4, -0.2) is 62.5 Å². The molecule has 1 aliphatic rings. The molecule has 2 amide bonds. The lowest BCUT2D eigenvalue weighted by Gasteiger charge is -2.33. The molecule has 1 aromatic carbocycles. The van der Waals surface area contributed by atoms with Gasteiger partial charge in [0.1, 0.15) is 0 Å². The number of rotatable bonds is 7. The predicted octanol–water partition coefficient (Wildman–Crippen LogP) is 3.42. The number of unbranched alkanes of at least 4 members (excludes halogenated alkanes) is 1. The second kappa shape index (κ2) is 10.1. The predicted molar refractivity (Wildman–Crippen MR) is 113 cm³/mol. The topological polar surface area (TPSA) is 59.1 Å². The van der Waals surface area contributed by atoms with Crippen LogP contribution in [0.15, 0.2) is 12.1 Å². The number of carbonyl (C=O) groups is 2. The second-order valence-electron chi connectivity index (χ2n) is 6.87. The molecule has 0 atom stereocenters. The van der Waals surface area contributed by atoms with Gasteiger partial charge in [0, 0.05) is 36.2 Å². The molecule has 0 aliphatic carbocycles. The first-order valence-corrected chi connectivity index (χ1v) is 10.5. The van der Waals surface area contributed by atoms with Crippen molar-refractivity contribution in [3.8, 4) is 11.5 Å². The fraction of sp³-hybridized carbons (Fsp3) is 0.600. The summed E-state index contributed by atoms with van der Waals surface area (Å²) in [6, 6.07) is 3.55. The smallest absolute Gasteiger partial charge is 0.255 e. The van der Waals surface area contributed by atoms with E-state index in [1.165, 1.54) is 0 Å². The van der Waals surface area contributed by atoms with Crippen molar-refractivity contribution < 1.29 is 19.1 Å². The van der Waals surface area contributed by atoms with Gasteiger partial charge in [0.2, 0.25) is 5.91 Å². The van der Waals surface area contributed by atoms with Crippen LogP contribution in [0.2, 0.25) is 0 Å². The number of nitrogens with zero attached hydrogens (tertiary/aromatic N) is 2. The van der Waals surface area contributed by atoms with Crippen molar-refractivity contribution in [1.29, 1.82) is 0 Å². The molecular formula is C20H29IN2O4. The largest absolute Gasteiger partial charge is 0.493 e. The number of amides is 2. The highest BCUT2D eigenvalue weighted by Gasteiger charge is 2.30. The summed E-state index contributed by atoms with van der Waals surface area (Å²) in [6.45, 7) is 4.12. The van der Waals surface area contributed by atoms with Crippen LogP contribution >= 0.6 is 22.6 Å². The van der Waals surface area contributed by atoms with Gasteiger partial charge in [-0.3, -0.25) is 9.59 Å². The molecule has 0 saturated carbocycles. The molecule has 0 unspecified atom stereocenters. The molecule has 2 rings (SSSR count). The first-order chi connectivity index (χ1) is 12.9. The molecule has 0 spiro atoms. The van der Waals surface area contributed by atoms with Crippen LogP contribution < -0.4 is 9.47 Å². The van der Waals surface area contributed by atoms with Gasteiger partial charge in [-0.25, -0.2) is 0 Å². The molecule has 7 heteroatoms. The van der Waals surface area contributed by atoms with Gasteiger partial charge in [0.25, 0.3) is 5.91 Å². The third-order valence-electron chi connectivity index (χ3n) is 5.06. The monoisotopic (exact) mass is 488 g/mol. The molecule has 1 saturated heterocycles. The lowest BCUT2D eigenvalue weighted by molar-refractivity contribution is -0.135. The number of halogens is 1. The van der Waals surface area contributed by atoms with E-state index in [0.29, 0.717) is 43.0 Å². The van der Waals surface area contributed by atoms with Crippen molar-refractivity contribution in [2.75, 3.05) is 40.9 Å². The molecule has 0 bridgehead atoms. The third-order valence-corrected chi connectivity index (χ3v) is 5.95. The first kappa shape index (κ1) is 21.8. The maximum atomic E-state index is 13.0. The van der Waals surface area contributed by atoms with Crippen LogP contribution in [0.3, 0.4) is 0 Å². The van der Waals surface area contributed by atoms with Crippen molar-refractivity contribution in [2.24, 2.45) is 5.92 Å². The van der Waals surface area contributed by atoms with Gasteiger partial charge in [-0.05, 0) is 54.0 Å². The average molecular weight is 488 g/mol. The molecule has 150 valence electrons. The molecule has 0 N–H and O–H groups in total. The quantitative estimate of drug-likeness (QED) is 0.552. The Labute approximate surface area is 175 Å². The summed E-state index contributed by atoms with van der Waals surface area (Å²) >= 11 is 2.15. The van der Waals surface area contributed by atoms with E-state index in [2.05, 4.69) is 29.5 Å².